The summed E-state index contributed by atoms with van der Waals surface area (Å²) in [5.74, 6) is 0.754. The van der Waals surface area contributed by atoms with E-state index in [4.69, 9.17) is 4.74 Å². The summed E-state index contributed by atoms with van der Waals surface area (Å²) in [5.41, 5.74) is 0.905. The Kier molecular flexibility index (Phi) is 6.87. The normalized spacial score (nSPS) is 15.2. The second-order valence-corrected chi connectivity index (χ2v) is 7.41. The van der Waals surface area contributed by atoms with Gasteiger partial charge in [-0.3, -0.25) is 9.69 Å². The molecule has 1 aliphatic heterocycles. The van der Waals surface area contributed by atoms with Gasteiger partial charge in [0.1, 0.15) is 5.75 Å². The highest BCUT2D eigenvalue weighted by Crippen LogP contribution is 2.31. The Hall–Kier alpha value is -2.74. The number of carbonyl (C=O) groups is 1. The molecular formula is C22H26F3N3O2. The van der Waals surface area contributed by atoms with Crippen LogP contribution in [-0.4, -0.2) is 62.6 Å². The smallest absolute Gasteiger partial charge is 0.416 e. The number of piperazine rings is 1. The largest absolute Gasteiger partial charge is 0.497 e. The van der Waals surface area contributed by atoms with Crippen LogP contribution in [0, 0.1) is 0 Å². The van der Waals surface area contributed by atoms with E-state index in [9.17, 15) is 18.0 Å². The molecule has 1 amide bonds. The minimum atomic E-state index is -4.35. The van der Waals surface area contributed by atoms with Gasteiger partial charge >= 0.3 is 6.18 Å². The SMILES string of the molecule is COc1cccc(CN(C)C(=O)CN2CCN(c3cccc(C(F)(F)F)c3)CC2)c1. The molecule has 0 aromatic heterocycles. The van der Waals surface area contributed by atoms with Crippen LogP contribution in [0.2, 0.25) is 0 Å². The Bertz CT molecular complexity index is 865. The van der Waals surface area contributed by atoms with Gasteiger partial charge in [0.15, 0.2) is 0 Å². The monoisotopic (exact) mass is 421 g/mol. The number of likely N-dealkylation sites (N-methyl/N-ethyl adjacent to an activating group) is 1. The van der Waals surface area contributed by atoms with Crippen LogP contribution >= 0.6 is 0 Å². The lowest BCUT2D eigenvalue weighted by atomic mass is 10.1. The fourth-order valence-corrected chi connectivity index (χ4v) is 3.49. The van der Waals surface area contributed by atoms with Crippen molar-refractivity contribution in [1.82, 2.24) is 9.80 Å². The third kappa shape index (κ3) is 5.66. The van der Waals surface area contributed by atoms with E-state index in [1.165, 1.54) is 12.1 Å². The second-order valence-electron chi connectivity index (χ2n) is 7.41. The molecule has 0 N–H and O–H groups in total. The Morgan fingerprint density at radius 1 is 1.07 bits per heavy atom. The zero-order chi connectivity index (χ0) is 21.7. The van der Waals surface area contributed by atoms with Crippen LogP contribution in [0.4, 0.5) is 18.9 Å². The molecule has 2 aromatic carbocycles. The van der Waals surface area contributed by atoms with E-state index in [0.717, 1.165) is 17.4 Å². The number of hydrogen-bond acceptors (Lipinski definition) is 4. The van der Waals surface area contributed by atoms with Crippen molar-refractivity contribution in [2.24, 2.45) is 0 Å². The summed E-state index contributed by atoms with van der Waals surface area (Å²) < 4.78 is 44.0. The predicted octanol–water partition coefficient (Wildman–Crippen LogP) is 3.49. The van der Waals surface area contributed by atoms with Crippen molar-refractivity contribution in [3.8, 4) is 5.75 Å². The maximum absolute atomic E-state index is 12.9. The van der Waals surface area contributed by atoms with Crippen molar-refractivity contribution in [3.63, 3.8) is 0 Å². The summed E-state index contributed by atoms with van der Waals surface area (Å²) >= 11 is 0. The van der Waals surface area contributed by atoms with E-state index >= 15 is 0 Å². The molecule has 162 valence electrons. The summed E-state index contributed by atoms with van der Waals surface area (Å²) in [6, 6.07) is 13.0. The number of halogens is 3. The number of carbonyl (C=O) groups excluding carboxylic acids is 1. The first-order valence-corrected chi connectivity index (χ1v) is 9.78. The quantitative estimate of drug-likeness (QED) is 0.716. The van der Waals surface area contributed by atoms with Gasteiger partial charge in [0.25, 0.3) is 0 Å². The highest BCUT2D eigenvalue weighted by molar-refractivity contribution is 5.78. The minimum Gasteiger partial charge on any atom is -0.497 e. The lowest BCUT2D eigenvalue weighted by Gasteiger charge is -2.36. The third-order valence-corrected chi connectivity index (χ3v) is 5.25. The lowest BCUT2D eigenvalue weighted by Crippen LogP contribution is -2.49. The van der Waals surface area contributed by atoms with Crippen LogP contribution in [0.1, 0.15) is 11.1 Å². The number of methoxy groups -OCH3 is 1. The molecule has 0 bridgehead atoms. The number of amides is 1. The molecule has 5 nitrogen and oxygen atoms in total. The summed E-state index contributed by atoms with van der Waals surface area (Å²) in [5, 5.41) is 0. The van der Waals surface area contributed by atoms with Gasteiger partial charge < -0.3 is 14.5 Å². The van der Waals surface area contributed by atoms with E-state index < -0.39 is 11.7 Å². The Balaban J connectivity index is 1.51. The fraction of sp³-hybridized carbons (Fsp3) is 0.409. The average Bonchev–Trinajstić information content (AvgIpc) is 2.74. The van der Waals surface area contributed by atoms with E-state index in [1.54, 1.807) is 25.1 Å². The van der Waals surface area contributed by atoms with Crippen molar-refractivity contribution in [3.05, 3.63) is 59.7 Å². The van der Waals surface area contributed by atoms with Crippen LogP contribution in [0.25, 0.3) is 0 Å². The van der Waals surface area contributed by atoms with Gasteiger partial charge in [-0.05, 0) is 35.9 Å². The molecule has 0 saturated carbocycles. The summed E-state index contributed by atoms with van der Waals surface area (Å²) in [7, 11) is 3.37. The lowest BCUT2D eigenvalue weighted by molar-refractivity contribution is -0.137. The van der Waals surface area contributed by atoms with Gasteiger partial charge in [0.05, 0.1) is 19.2 Å². The topological polar surface area (TPSA) is 36.0 Å². The van der Waals surface area contributed by atoms with E-state index in [0.29, 0.717) is 38.4 Å². The van der Waals surface area contributed by atoms with Gasteiger partial charge in [0, 0.05) is 45.5 Å². The van der Waals surface area contributed by atoms with Crippen molar-refractivity contribution in [1.29, 1.82) is 0 Å². The zero-order valence-electron chi connectivity index (χ0n) is 17.2. The van der Waals surface area contributed by atoms with Crippen LogP contribution in [0.3, 0.4) is 0 Å². The summed E-state index contributed by atoms with van der Waals surface area (Å²) in [6.45, 7) is 3.17. The molecule has 2 aromatic rings. The molecule has 0 unspecified atom stereocenters. The highest BCUT2D eigenvalue weighted by Gasteiger charge is 2.31. The number of hydrogen-bond donors (Lipinski definition) is 0. The molecule has 0 atom stereocenters. The molecule has 0 radical (unpaired) electrons. The highest BCUT2D eigenvalue weighted by atomic mass is 19.4. The first-order chi connectivity index (χ1) is 14.3. The first kappa shape index (κ1) is 22.0. The Morgan fingerprint density at radius 3 is 2.43 bits per heavy atom. The van der Waals surface area contributed by atoms with Crippen molar-refractivity contribution < 1.29 is 22.7 Å². The van der Waals surface area contributed by atoms with Crippen LogP contribution in [0.15, 0.2) is 48.5 Å². The van der Waals surface area contributed by atoms with Crippen molar-refractivity contribution in [2.75, 3.05) is 51.8 Å². The molecule has 1 aliphatic rings. The maximum atomic E-state index is 12.9. The standard InChI is InChI=1S/C22H26F3N3O2/c1-26(15-17-5-3-8-20(13-17)30-2)21(29)16-27-9-11-28(12-10-27)19-7-4-6-18(14-19)22(23,24)25/h3-8,13-14H,9-12,15-16H2,1-2H3. The van der Waals surface area contributed by atoms with E-state index in [-0.39, 0.29) is 12.5 Å². The molecule has 0 spiro atoms. The Labute approximate surface area is 174 Å². The molecule has 8 heteroatoms. The fourth-order valence-electron chi connectivity index (χ4n) is 3.49. The molecule has 3 rings (SSSR count). The van der Waals surface area contributed by atoms with Gasteiger partial charge in [-0.15, -0.1) is 0 Å². The number of alkyl halides is 3. The molecule has 1 saturated heterocycles. The minimum absolute atomic E-state index is 0.00494. The van der Waals surface area contributed by atoms with Crippen molar-refractivity contribution in [2.45, 2.75) is 12.7 Å². The number of nitrogens with zero attached hydrogens (tertiary/aromatic N) is 3. The molecule has 1 heterocycles. The molecule has 1 fully saturated rings. The summed E-state index contributed by atoms with van der Waals surface area (Å²) in [6.07, 6.45) is -4.35. The van der Waals surface area contributed by atoms with E-state index in [2.05, 4.69) is 0 Å². The maximum Gasteiger partial charge on any atom is 0.416 e. The van der Waals surface area contributed by atoms with Crippen LogP contribution in [-0.2, 0) is 17.5 Å². The van der Waals surface area contributed by atoms with Gasteiger partial charge in [-0.2, -0.15) is 13.2 Å². The predicted molar refractivity (Wildman–Crippen MR) is 110 cm³/mol. The van der Waals surface area contributed by atoms with Gasteiger partial charge in [0.2, 0.25) is 5.91 Å². The van der Waals surface area contributed by atoms with Crippen LogP contribution in [0.5, 0.6) is 5.75 Å². The number of anilines is 1. The van der Waals surface area contributed by atoms with Gasteiger partial charge in [-0.25, -0.2) is 0 Å². The number of ether oxygens (including phenoxy) is 1. The second kappa shape index (κ2) is 9.38. The van der Waals surface area contributed by atoms with Gasteiger partial charge in [-0.1, -0.05) is 18.2 Å². The third-order valence-electron chi connectivity index (χ3n) is 5.25. The molecule has 0 aliphatic carbocycles. The van der Waals surface area contributed by atoms with E-state index in [1.807, 2.05) is 34.1 Å². The number of benzene rings is 2. The van der Waals surface area contributed by atoms with Crippen LogP contribution < -0.4 is 9.64 Å². The summed E-state index contributed by atoms with van der Waals surface area (Å²) in [4.78, 5) is 18.2. The molecule has 30 heavy (non-hydrogen) atoms. The average molecular weight is 421 g/mol. The Morgan fingerprint density at radius 2 is 1.77 bits per heavy atom. The first-order valence-electron chi connectivity index (χ1n) is 9.78. The molecular weight excluding hydrogens is 395 g/mol. The zero-order valence-corrected chi connectivity index (χ0v) is 17.2. The van der Waals surface area contributed by atoms with Crippen molar-refractivity contribution >= 4 is 11.6 Å². The number of rotatable bonds is 6.